The summed E-state index contributed by atoms with van der Waals surface area (Å²) >= 11 is 0. The van der Waals surface area contributed by atoms with Crippen LogP contribution in [0.25, 0.3) is 0 Å². The standard InChI is InChI=1S/C18H22O2/c1-3-20-17-9-6-8-15(12-17)11-16(13-19)18-10-5-4-7-14(18)2/h4-10,12,16,19H,3,11,13H2,1-2H3. The van der Waals surface area contributed by atoms with Gasteiger partial charge < -0.3 is 9.84 Å². The molecule has 2 aromatic rings. The summed E-state index contributed by atoms with van der Waals surface area (Å²) in [6, 6.07) is 16.4. The third kappa shape index (κ3) is 3.61. The molecule has 1 unspecified atom stereocenters. The van der Waals surface area contributed by atoms with Crippen LogP contribution in [0.2, 0.25) is 0 Å². The Bertz CT molecular complexity index is 549. The third-order valence-corrected chi connectivity index (χ3v) is 3.54. The van der Waals surface area contributed by atoms with E-state index >= 15 is 0 Å². The molecule has 0 aromatic heterocycles. The van der Waals surface area contributed by atoms with Gasteiger partial charge in [-0.25, -0.2) is 0 Å². The number of benzene rings is 2. The van der Waals surface area contributed by atoms with E-state index in [4.69, 9.17) is 4.74 Å². The first-order chi connectivity index (χ1) is 9.74. The number of aliphatic hydroxyl groups excluding tert-OH is 1. The average molecular weight is 270 g/mol. The molecule has 0 spiro atoms. The molecule has 2 aromatic carbocycles. The molecule has 106 valence electrons. The molecule has 2 nitrogen and oxygen atoms in total. The van der Waals surface area contributed by atoms with E-state index in [0.717, 1.165) is 12.2 Å². The quantitative estimate of drug-likeness (QED) is 0.867. The number of aliphatic hydroxyl groups is 1. The van der Waals surface area contributed by atoms with Crippen molar-refractivity contribution < 1.29 is 9.84 Å². The van der Waals surface area contributed by atoms with Gasteiger partial charge in [0.1, 0.15) is 5.75 Å². The van der Waals surface area contributed by atoms with Crippen LogP contribution in [0.1, 0.15) is 29.5 Å². The van der Waals surface area contributed by atoms with E-state index in [-0.39, 0.29) is 12.5 Å². The fourth-order valence-corrected chi connectivity index (χ4v) is 2.53. The van der Waals surface area contributed by atoms with Gasteiger partial charge in [-0.2, -0.15) is 0 Å². The molecule has 0 fully saturated rings. The first kappa shape index (κ1) is 14.6. The number of aryl methyl sites for hydroxylation is 1. The molecule has 2 heteroatoms. The molecule has 0 amide bonds. The topological polar surface area (TPSA) is 29.5 Å². The Morgan fingerprint density at radius 1 is 1.10 bits per heavy atom. The molecule has 0 heterocycles. The smallest absolute Gasteiger partial charge is 0.119 e. The van der Waals surface area contributed by atoms with E-state index in [0.29, 0.717) is 6.61 Å². The van der Waals surface area contributed by atoms with Crippen molar-refractivity contribution in [3.8, 4) is 5.75 Å². The first-order valence-corrected chi connectivity index (χ1v) is 7.12. The predicted octanol–water partition coefficient (Wildman–Crippen LogP) is 3.71. The largest absolute Gasteiger partial charge is 0.494 e. The zero-order valence-corrected chi connectivity index (χ0v) is 12.2. The van der Waals surface area contributed by atoms with Crippen molar-refractivity contribution in [2.24, 2.45) is 0 Å². The van der Waals surface area contributed by atoms with Gasteiger partial charge in [0.15, 0.2) is 0 Å². The van der Waals surface area contributed by atoms with E-state index in [1.54, 1.807) is 0 Å². The predicted molar refractivity (Wildman–Crippen MR) is 82.3 cm³/mol. The molecule has 1 atom stereocenters. The Balaban J connectivity index is 2.18. The lowest BCUT2D eigenvalue weighted by Gasteiger charge is -2.17. The van der Waals surface area contributed by atoms with E-state index in [1.807, 2.05) is 31.2 Å². The Labute approximate surface area is 121 Å². The third-order valence-electron chi connectivity index (χ3n) is 3.54. The van der Waals surface area contributed by atoms with Gasteiger partial charge in [0.25, 0.3) is 0 Å². The van der Waals surface area contributed by atoms with Crippen molar-refractivity contribution in [2.45, 2.75) is 26.2 Å². The zero-order valence-electron chi connectivity index (χ0n) is 12.2. The normalized spacial score (nSPS) is 12.2. The highest BCUT2D eigenvalue weighted by atomic mass is 16.5. The molecule has 0 bridgehead atoms. The van der Waals surface area contributed by atoms with Crippen LogP contribution >= 0.6 is 0 Å². The second kappa shape index (κ2) is 7.11. The number of ether oxygens (including phenoxy) is 1. The summed E-state index contributed by atoms with van der Waals surface area (Å²) in [5, 5.41) is 9.71. The van der Waals surface area contributed by atoms with Gasteiger partial charge >= 0.3 is 0 Å². The molecule has 0 aliphatic heterocycles. The van der Waals surface area contributed by atoms with Crippen LogP contribution in [0.4, 0.5) is 0 Å². The maximum atomic E-state index is 9.71. The second-order valence-corrected chi connectivity index (χ2v) is 5.02. The summed E-state index contributed by atoms with van der Waals surface area (Å²) < 4.78 is 5.53. The van der Waals surface area contributed by atoms with Gasteiger partial charge in [-0.1, -0.05) is 36.4 Å². The number of rotatable bonds is 6. The minimum atomic E-state index is 0.132. The highest BCUT2D eigenvalue weighted by Gasteiger charge is 2.13. The minimum absolute atomic E-state index is 0.132. The maximum Gasteiger partial charge on any atom is 0.119 e. The summed E-state index contributed by atoms with van der Waals surface area (Å²) in [5.41, 5.74) is 3.64. The Kier molecular flexibility index (Phi) is 5.19. The van der Waals surface area contributed by atoms with Crippen molar-refractivity contribution in [3.05, 3.63) is 65.2 Å². The Morgan fingerprint density at radius 3 is 2.60 bits per heavy atom. The fraction of sp³-hybridized carbons (Fsp3) is 0.333. The SMILES string of the molecule is CCOc1cccc(CC(CO)c2ccccc2C)c1. The second-order valence-electron chi connectivity index (χ2n) is 5.02. The summed E-state index contributed by atoms with van der Waals surface area (Å²) in [5.74, 6) is 1.03. The van der Waals surface area contributed by atoms with E-state index < -0.39 is 0 Å². The van der Waals surface area contributed by atoms with Crippen LogP contribution in [0.5, 0.6) is 5.75 Å². The van der Waals surface area contributed by atoms with Crippen LogP contribution in [0, 0.1) is 6.92 Å². The molecular formula is C18H22O2. The molecule has 0 radical (unpaired) electrons. The van der Waals surface area contributed by atoms with Crippen LogP contribution in [0.3, 0.4) is 0 Å². The maximum absolute atomic E-state index is 9.71. The summed E-state index contributed by atoms with van der Waals surface area (Å²) in [4.78, 5) is 0. The van der Waals surface area contributed by atoms with Crippen LogP contribution < -0.4 is 4.74 Å². The summed E-state index contributed by atoms with van der Waals surface area (Å²) in [7, 11) is 0. The highest BCUT2D eigenvalue weighted by molar-refractivity contribution is 5.33. The van der Waals surface area contributed by atoms with Crippen molar-refractivity contribution in [1.82, 2.24) is 0 Å². The molecule has 1 N–H and O–H groups in total. The molecule has 2 rings (SSSR count). The molecule has 0 aliphatic carbocycles. The average Bonchev–Trinajstić information content (AvgIpc) is 2.46. The summed E-state index contributed by atoms with van der Waals surface area (Å²) in [6.45, 7) is 4.90. The molecule has 0 saturated heterocycles. The van der Waals surface area contributed by atoms with Gasteiger partial charge in [-0.3, -0.25) is 0 Å². The molecule has 0 aliphatic rings. The number of hydrogen-bond acceptors (Lipinski definition) is 2. The molecule has 20 heavy (non-hydrogen) atoms. The lowest BCUT2D eigenvalue weighted by Crippen LogP contribution is -2.09. The van der Waals surface area contributed by atoms with Crippen molar-refractivity contribution in [1.29, 1.82) is 0 Å². The Morgan fingerprint density at radius 2 is 1.90 bits per heavy atom. The van der Waals surface area contributed by atoms with Crippen molar-refractivity contribution in [3.63, 3.8) is 0 Å². The first-order valence-electron chi connectivity index (χ1n) is 7.12. The van der Waals surface area contributed by atoms with Crippen LogP contribution in [-0.2, 0) is 6.42 Å². The van der Waals surface area contributed by atoms with Gasteiger partial charge in [-0.15, -0.1) is 0 Å². The van der Waals surface area contributed by atoms with E-state index in [2.05, 4.69) is 31.2 Å². The van der Waals surface area contributed by atoms with Gasteiger partial charge in [0.2, 0.25) is 0 Å². The number of hydrogen-bond donors (Lipinski definition) is 1. The zero-order chi connectivity index (χ0) is 14.4. The fourth-order valence-electron chi connectivity index (χ4n) is 2.53. The van der Waals surface area contributed by atoms with Gasteiger partial charge in [0.05, 0.1) is 13.2 Å². The lowest BCUT2D eigenvalue weighted by molar-refractivity contribution is 0.264. The highest BCUT2D eigenvalue weighted by Crippen LogP contribution is 2.25. The summed E-state index contributed by atoms with van der Waals surface area (Å²) in [6.07, 6.45) is 0.822. The monoisotopic (exact) mass is 270 g/mol. The van der Waals surface area contributed by atoms with Crippen molar-refractivity contribution in [2.75, 3.05) is 13.2 Å². The molecule has 0 saturated carbocycles. The van der Waals surface area contributed by atoms with Crippen molar-refractivity contribution >= 4 is 0 Å². The Hall–Kier alpha value is -1.80. The molecular weight excluding hydrogens is 248 g/mol. The minimum Gasteiger partial charge on any atom is -0.494 e. The lowest BCUT2D eigenvalue weighted by atomic mass is 9.90. The van der Waals surface area contributed by atoms with Crippen LogP contribution in [0.15, 0.2) is 48.5 Å². The van der Waals surface area contributed by atoms with E-state index in [9.17, 15) is 5.11 Å². The van der Waals surface area contributed by atoms with Gasteiger partial charge in [0, 0.05) is 5.92 Å². The van der Waals surface area contributed by atoms with Crippen LogP contribution in [-0.4, -0.2) is 18.3 Å². The van der Waals surface area contributed by atoms with E-state index in [1.165, 1.54) is 16.7 Å². The van der Waals surface area contributed by atoms with Gasteiger partial charge in [-0.05, 0) is 49.1 Å².